The first kappa shape index (κ1) is 20.3. The number of aryl methyl sites for hydroxylation is 1. The highest BCUT2D eigenvalue weighted by Gasteiger charge is 2.23. The third-order valence-electron chi connectivity index (χ3n) is 5.13. The SMILES string of the molecule is Cc1oc(-c2ccccc2)nc1CC(=O)OCC1CN(Cc2ccccc2)CCO1. The van der Waals surface area contributed by atoms with Crippen LogP contribution in [0.4, 0.5) is 0 Å². The third kappa shape index (κ3) is 5.34. The molecule has 30 heavy (non-hydrogen) atoms. The summed E-state index contributed by atoms with van der Waals surface area (Å²) in [7, 11) is 0. The smallest absolute Gasteiger partial charge is 0.312 e. The average molecular weight is 406 g/mol. The van der Waals surface area contributed by atoms with E-state index in [1.165, 1.54) is 5.56 Å². The Morgan fingerprint density at radius 2 is 1.87 bits per heavy atom. The molecule has 0 bridgehead atoms. The van der Waals surface area contributed by atoms with E-state index in [1.54, 1.807) is 0 Å². The number of esters is 1. The number of hydrogen-bond acceptors (Lipinski definition) is 6. The molecular formula is C24H26N2O4. The van der Waals surface area contributed by atoms with Crippen molar-refractivity contribution in [1.82, 2.24) is 9.88 Å². The molecule has 0 N–H and O–H groups in total. The number of morpholine rings is 1. The molecule has 1 saturated heterocycles. The third-order valence-corrected chi connectivity index (χ3v) is 5.13. The van der Waals surface area contributed by atoms with E-state index < -0.39 is 0 Å². The molecule has 0 radical (unpaired) electrons. The number of carbonyl (C=O) groups is 1. The van der Waals surface area contributed by atoms with Gasteiger partial charge in [-0.15, -0.1) is 0 Å². The summed E-state index contributed by atoms with van der Waals surface area (Å²) in [5.74, 6) is 0.826. The Labute approximate surface area is 176 Å². The van der Waals surface area contributed by atoms with Gasteiger partial charge < -0.3 is 13.9 Å². The fourth-order valence-corrected chi connectivity index (χ4v) is 3.54. The molecule has 4 rings (SSSR count). The van der Waals surface area contributed by atoms with Gasteiger partial charge in [0.1, 0.15) is 18.5 Å². The van der Waals surface area contributed by atoms with Crippen molar-refractivity contribution in [1.29, 1.82) is 0 Å². The fourth-order valence-electron chi connectivity index (χ4n) is 3.54. The molecule has 1 aliphatic rings. The highest BCUT2D eigenvalue weighted by atomic mass is 16.6. The Kier molecular flexibility index (Phi) is 6.57. The summed E-state index contributed by atoms with van der Waals surface area (Å²) in [6, 6.07) is 20.0. The number of benzene rings is 2. The summed E-state index contributed by atoms with van der Waals surface area (Å²) < 4.78 is 17.0. The minimum atomic E-state index is -0.324. The van der Waals surface area contributed by atoms with Gasteiger partial charge >= 0.3 is 5.97 Å². The van der Waals surface area contributed by atoms with E-state index >= 15 is 0 Å². The first-order valence-electron chi connectivity index (χ1n) is 10.2. The highest BCUT2D eigenvalue weighted by Crippen LogP contribution is 2.22. The van der Waals surface area contributed by atoms with Crippen LogP contribution in [0.3, 0.4) is 0 Å². The monoisotopic (exact) mass is 406 g/mol. The molecule has 0 spiro atoms. The van der Waals surface area contributed by atoms with E-state index in [9.17, 15) is 4.79 Å². The van der Waals surface area contributed by atoms with Crippen LogP contribution in [0, 0.1) is 6.92 Å². The normalized spacial score (nSPS) is 17.0. The van der Waals surface area contributed by atoms with Crippen LogP contribution in [0.5, 0.6) is 0 Å². The maximum atomic E-state index is 12.4. The van der Waals surface area contributed by atoms with E-state index in [2.05, 4.69) is 22.0 Å². The molecule has 0 saturated carbocycles. The molecular weight excluding hydrogens is 380 g/mol. The number of oxazole rings is 1. The Morgan fingerprint density at radius 3 is 2.63 bits per heavy atom. The van der Waals surface area contributed by atoms with E-state index in [0.29, 0.717) is 24.0 Å². The maximum Gasteiger partial charge on any atom is 0.312 e. The summed E-state index contributed by atoms with van der Waals surface area (Å²) in [6.07, 6.45) is -0.0347. The topological polar surface area (TPSA) is 64.8 Å². The summed E-state index contributed by atoms with van der Waals surface area (Å²) in [4.78, 5) is 19.1. The van der Waals surface area contributed by atoms with Crippen molar-refractivity contribution in [2.75, 3.05) is 26.3 Å². The quantitative estimate of drug-likeness (QED) is 0.558. The standard InChI is InChI=1S/C24H26N2O4/c1-18-22(25-24(30-18)20-10-6-3-7-11-20)14-23(27)29-17-21-16-26(12-13-28-21)15-19-8-4-2-5-9-19/h2-11,21H,12-17H2,1H3. The molecule has 1 fully saturated rings. The lowest BCUT2D eigenvalue weighted by Crippen LogP contribution is -2.44. The zero-order chi connectivity index (χ0) is 20.8. The van der Waals surface area contributed by atoms with Crippen molar-refractivity contribution >= 4 is 5.97 Å². The molecule has 1 aromatic heterocycles. The molecule has 0 amide bonds. The predicted octanol–water partition coefficient (Wildman–Crippen LogP) is 3.64. The molecule has 2 aromatic carbocycles. The fraction of sp³-hybridized carbons (Fsp3) is 0.333. The van der Waals surface area contributed by atoms with Crippen LogP contribution in [0.15, 0.2) is 65.1 Å². The van der Waals surface area contributed by atoms with Crippen molar-refractivity contribution in [3.8, 4) is 11.5 Å². The number of rotatable bonds is 7. The summed E-state index contributed by atoms with van der Waals surface area (Å²) in [5.41, 5.74) is 2.76. The lowest BCUT2D eigenvalue weighted by molar-refractivity contribution is -0.150. The van der Waals surface area contributed by atoms with Gasteiger partial charge in [0.05, 0.1) is 18.7 Å². The zero-order valence-corrected chi connectivity index (χ0v) is 17.1. The van der Waals surface area contributed by atoms with Crippen molar-refractivity contribution in [2.45, 2.75) is 26.0 Å². The van der Waals surface area contributed by atoms with Crippen LogP contribution in [0.2, 0.25) is 0 Å². The van der Waals surface area contributed by atoms with Crippen LogP contribution in [0.1, 0.15) is 17.0 Å². The highest BCUT2D eigenvalue weighted by molar-refractivity contribution is 5.72. The molecule has 1 unspecified atom stereocenters. The van der Waals surface area contributed by atoms with Gasteiger partial charge in [0.15, 0.2) is 0 Å². The average Bonchev–Trinajstić information content (AvgIpc) is 3.14. The Bertz CT molecular complexity index is 956. The number of hydrogen-bond donors (Lipinski definition) is 0. The van der Waals surface area contributed by atoms with Crippen LogP contribution in [-0.4, -0.2) is 48.3 Å². The summed E-state index contributed by atoms with van der Waals surface area (Å²) >= 11 is 0. The molecule has 3 aromatic rings. The summed E-state index contributed by atoms with van der Waals surface area (Å²) in [5, 5.41) is 0. The molecule has 6 heteroatoms. The molecule has 6 nitrogen and oxygen atoms in total. The Morgan fingerprint density at radius 1 is 1.13 bits per heavy atom. The van der Waals surface area contributed by atoms with Crippen LogP contribution >= 0.6 is 0 Å². The summed E-state index contributed by atoms with van der Waals surface area (Å²) in [6.45, 7) is 5.18. The van der Waals surface area contributed by atoms with Crippen LogP contribution in [0.25, 0.3) is 11.5 Å². The second-order valence-electron chi connectivity index (χ2n) is 7.46. The van der Waals surface area contributed by atoms with Gasteiger partial charge in [-0.25, -0.2) is 4.98 Å². The van der Waals surface area contributed by atoms with Gasteiger partial charge in [0.25, 0.3) is 0 Å². The van der Waals surface area contributed by atoms with E-state index in [0.717, 1.165) is 25.2 Å². The molecule has 1 atom stereocenters. The number of carbonyl (C=O) groups excluding carboxylic acids is 1. The zero-order valence-electron chi connectivity index (χ0n) is 17.1. The number of aromatic nitrogens is 1. The van der Waals surface area contributed by atoms with Gasteiger partial charge in [-0.05, 0) is 24.6 Å². The van der Waals surface area contributed by atoms with Gasteiger partial charge in [0.2, 0.25) is 5.89 Å². The van der Waals surface area contributed by atoms with Crippen molar-refractivity contribution in [3.05, 3.63) is 77.7 Å². The minimum absolute atomic E-state index is 0.0859. The minimum Gasteiger partial charge on any atom is -0.463 e. The van der Waals surface area contributed by atoms with Crippen molar-refractivity contribution < 1.29 is 18.7 Å². The number of ether oxygens (including phenoxy) is 2. The van der Waals surface area contributed by atoms with E-state index in [4.69, 9.17) is 13.9 Å². The molecule has 156 valence electrons. The lowest BCUT2D eigenvalue weighted by Gasteiger charge is -2.32. The van der Waals surface area contributed by atoms with Crippen LogP contribution < -0.4 is 0 Å². The van der Waals surface area contributed by atoms with Gasteiger partial charge in [-0.3, -0.25) is 9.69 Å². The van der Waals surface area contributed by atoms with Gasteiger partial charge in [-0.1, -0.05) is 48.5 Å². The van der Waals surface area contributed by atoms with Gasteiger partial charge in [-0.2, -0.15) is 0 Å². The second kappa shape index (κ2) is 9.69. The maximum absolute atomic E-state index is 12.4. The van der Waals surface area contributed by atoms with E-state index in [-0.39, 0.29) is 25.1 Å². The Hall–Kier alpha value is -2.96. The van der Waals surface area contributed by atoms with Crippen LogP contribution in [-0.2, 0) is 27.2 Å². The number of nitrogens with zero attached hydrogens (tertiary/aromatic N) is 2. The van der Waals surface area contributed by atoms with Gasteiger partial charge in [0, 0.05) is 25.2 Å². The van der Waals surface area contributed by atoms with E-state index in [1.807, 2.05) is 55.5 Å². The first-order chi connectivity index (χ1) is 14.7. The molecule has 2 heterocycles. The van der Waals surface area contributed by atoms with Crippen molar-refractivity contribution in [2.24, 2.45) is 0 Å². The second-order valence-corrected chi connectivity index (χ2v) is 7.46. The molecule has 0 aliphatic carbocycles. The first-order valence-corrected chi connectivity index (χ1v) is 10.2. The Balaban J connectivity index is 1.27. The predicted molar refractivity (Wildman–Crippen MR) is 113 cm³/mol. The van der Waals surface area contributed by atoms with Crippen molar-refractivity contribution in [3.63, 3.8) is 0 Å². The molecule has 1 aliphatic heterocycles. The largest absolute Gasteiger partial charge is 0.463 e. The lowest BCUT2D eigenvalue weighted by atomic mass is 10.2.